The number of anilines is 1. The van der Waals surface area contributed by atoms with Gasteiger partial charge in [0, 0.05) is 16.3 Å². The van der Waals surface area contributed by atoms with E-state index in [1.54, 1.807) is 11.6 Å². The second-order valence-electron chi connectivity index (χ2n) is 5.50. The van der Waals surface area contributed by atoms with Gasteiger partial charge in [0.05, 0.1) is 23.9 Å². The molecule has 1 amide bonds. The summed E-state index contributed by atoms with van der Waals surface area (Å²) in [5.74, 6) is -0.655. The van der Waals surface area contributed by atoms with E-state index >= 15 is 0 Å². The molecule has 7 heteroatoms. The molecule has 0 saturated heterocycles. The predicted octanol–water partition coefficient (Wildman–Crippen LogP) is 3.91. The van der Waals surface area contributed by atoms with Crippen molar-refractivity contribution in [3.8, 4) is 0 Å². The third-order valence-electron chi connectivity index (χ3n) is 3.90. The van der Waals surface area contributed by atoms with Crippen LogP contribution >= 0.6 is 22.7 Å². The highest BCUT2D eigenvalue weighted by atomic mass is 32.1. The minimum Gasteiger partial charge on any atom is -0.465 e. The number of aromatic nitrogens is 1. The quantitative estimate of drug-likeness (QED) is 0.509. The molecule has 126 valence electrons. The zero-order valence-electron chi connectivity index (χ0n) is 13.3. The van der Waals surface area contributed by atoms with E-state index in [4.69, 9.17) is 4.74 Å². The summed E-state index contributed by atoms with van der Waals surface area (Å²) < 4.78 is 4.93. The Kier molecular flexibility index (Phi) is 5.42. The van der Waals surface area contributed by atoms with Gasteiger partial charge < -0.3 is 10.1 Å². The van der Waals surface area contributed by atoms with Crippen molar-refractivity contribution in [1.82, 2.24) is 4.98 Å². The van der Waals surface area contributed by atoms with Crippen LogP contribution in [0.25, 0.3) is 6.08 Å². The Morgan fingerprint density at radius 2 is 2.12 bits per heavy atom. The molecule has 0 aliphatic heterocycles. The summed E-state index contributed by atoms with van der Waals surface area (Å²) in [5, 5.41) is 5.28. The summed E-state index contributed by atoms with van der Waals surface area (Å²) in [6.45, 7) is 0. The number of rotatable bonds is 4. The molecule has 2 aromatic rings. The number of methoxy groups -OCH3 is 1. The monoisotopic (exact) mass is 362 g/mol. The summed E-state index contributed by atoms with van der Waals surface area (Å²) in [4.78, 5) is 29.7. The molecule has 2 aromatic heterocycles. The lowest BCUT2D eigenvalue weighted by molar-refractivity contribution is -0.111. The van der Waals surface area contributed by atoms with Crippen molar-refractivity contribution < 1.29 is 14.3 Å². The topological polar surface area (TPSA) is 68.3 Å². The zero-order valence-corrected chi connectivity index (χ0v) is 15.0. The molecule has 0 radical (unpaired) electrons. The van der Waals surface area contributed by atoms with E-state index in [1.807, 2.05) is 5.38 Å². The van der Waals surface area contributed by atoms with Crippen LogP contribution < -0.4 is 5.32 Å². The number of aryl methyl sites for hydroxylation is 1. The van der Waals surface area contributed by atoms with Crippen molar-refractivity contribution >= 4 is 45.6 Å². The van der Waals surface area contributed by atoms with E-state index in [0.717, 1.165) is 36.9 Å². The van der Waals surface area contributed by atoms with Crippen LogP contribution in [0, 0.1) is 0 Å². The number of thiophene rings is 1. The molecule has 2 heterocycles. The van der Waals surface area contributed by atoms with Gasteiger partial charge in [-0.3, -0.25) is 4.79 Å². The second-order valence-corrected chi connectivity index (χ2v) is 7.32. The van der Waals surface area contributed by atoms with Crippen molar-refractivity contribution in [1.29, 1.82) is 0 Å². The van der Waals surface area contributed by atoms with Crippen molar-refractivity contribution in [3.05, 3.63) is 38.7 Å². The van der Waals surface area contributed by atoms with E-state index < -0.39 is 0 Å². The largest absolute Gasteiger partial charge is 0.465 e. The molecule has 24 heavy (non-hydrogen) atoms. The maximum atomic E-state index is 12.2. The molecule has 1 N–H and O–H groups in total. The van der Waals surface area contributed by atoms with Crippen LogP contribution in [0.15, 0.2) is 17.0 Å². The average Bonchev–Trinajstić information content (AvgIpc) is 3.15. The van der Waals surface area contributed by atoms with E-state index in [-0.39, 0.29) is 11.9 Å². The molecular weight excluding hydrogens is 344 g/mol. The number of carbonyl (C=O) groups excluding carboxylic acids is 2. The standard InChI is InChI=1S/C17H18N2O3S2/c1-22-17(21)15-12-5-3-2-4-6-13(12)24-16(15)19-14(20)8-7-11-9-23-10-18-11/h7-10H,2-6H2,1H3,(H,19,20)/b8-7+. The molecule has 0 spiro atoms. The zero-order chi connectivity index (χ0) is 16.9. The SMILES string of the molecule is COC(=O)c1c(NC(=O)/C=C/c2cscn2)sc2c1CCCCC2. The van der Waals surface area contributed by atoms with E-state index in [9.17, 15) is 9.59 Å². The Morgan fingerprint density at radius 1 is 1.29 bits per heavy atom. The number of amides is 1. The number of hydrogen-bond donors (Lipinski definition) is 1. The Morgan fingerprint density at radius 3 is 2.88 bits per heavy atom. The van der Waals surface area contributed by atoms with Gasteiger partial charge in [-0.1, -0.05) is 6.42 Å². The van der Waals surface area contributed by atoms with Crippen molar-refractivity contribution in [2.75, 3.05) is 12.4 Å². The highest BCUT2D eigenvalue weighted by Crippen LogP contribution is 2.37. The van der Waals surface area contributed by atoms with Gasteiger partial charge in [0.15, 0.2) is 0 Å². The first-order valence-electron chi connectivity index (χ1n) is 7.79. The van der Waals surface area contributed by atoms with Crippen molar-refractivity contribution in [2.45, 2.75) is 32.1 Å². The van der Waals surface area contributed by atoms with Gasteiger partial charge in [-0.2, -0.15) is 0 Å². The lowest BCUT2D eigenvalue weighted by atomic mass is 10.1. The molecule has 1 aliphatic rings. The summed E-state index contributed by atoms with van der Waals surface area (Å²) in [6.07, 6.45) is 8.24. The third-order valence-corrected chi connectivity index (χ3v) is 5.72. The van der Waals surface area contributed by atoms with Crippen molar-refractivity contribution in [2.24, 2.45) is 0 Å². The molecule has 0 saturated carbocycles. The summed E-state index contributed by atoms with van der Waals surface area (Å²) >= 11 is 2.96. The first kappa shape index (κ1) is 16.9. The molecule has 5 nitrogen and oxygen atoms in total. The van der Waals surface area contributed by atoms with Crippen LogP contribution in [0.5, 0.6) is 0 Å². The minimum absolute atomic E-state index is 0.274. The number of thiazole rings is 1. The third kappa shape index (κ3) is 3.73. The van der Waals surface area contributed by atoms with Gasteiger partial charge in [-0.25, -0.2) is 9.78 Å². The number of nitrogens with zero attached hydrogens (tertiary/aromatic N) is 1. The number of hydrogen-bond acceptors (Lipinski definition) is 6. The molecular formula is C17H18N2O3S2. The lowest BCUT2D eigenvalue weighted by Gasteiger charge is -2.06. The molecule has 0 atom stereocenters. The van der Waals surface area contributed by atoms with Crippen LogP contribution in [0.3, 0.4) is 0 Å². The van der Waals surface area contributed by atoms with Gasteiger partial charge in [0.1, 0.15) is 5.00 Å². The summed E-state index contributed by atoms with van der Waals surface area (Å²) in [6, 6.07) is 0. The van der Waals surface area contributed by atoms with Crippen LogP contribution in [-0.4, -0.2) is 24.0 Å². The molecule has 1 aliphatic carbocycles. The molecule has 0 unspecified atom stereocenters. The second kappa shape index (κ2) is 7.72. The Hall–Kier alpha value is -1.99. The first-order chi connectivity index (χ1) is 11.7. The molecule has 3 rings (SSSR count). The predicted molar refractivity (Wildman–Crippen MR) is 96.7 cm³/mol. The Balaban J connectivity index is 1.84. The molecule has 0 fully saturated rings. The average molecular weight is 362 g/mol. The smallest absolute Gasteiger partial charge is 0.341 e. The highest BCUT2D eigenvalue weighted by Gasteiger charge is 2.25. The van der Waals surface area contributed by atoms with E-state index in [0.29, 0.717) is 10.6 Å². The molecule has 0 aromatic carbocycles. The maximum absolute atomic E-state index is 12.2. The number of nitrogens with one attached hydrogen (secondary N) is 1. The number of ether oxygens (including phenoxy) is 1. The van der Waals surface area contributed by atoms with Gasteiger partial charge in [0.2, 0.25) is 5.91 Å². The molecule has 0 bridgehead atoms. The number of esters is 1. The van der Waals surface area contributed by atoms with Crippen LogP contribution in [0.2, 0.25) is 0 Å². The highest BCUT2D eigenvalue weighted by molar-refractivity contribution is 7.17. The fourth-order valence-electron chi connectivity index (χ4n) is 2.77. The van der Waals surface area contributed by atoms with Crippen LogP contribution in [0.1, 0.15) is 45.8 Å². The summed E-state index contributed by atoms with van der Waals surface area (Å²) in [7, 11) is 1.37. The van der Waals surface area contributed by atoms with Crippen molar-refractivity contribution in [3.63, 3.8) is 0 Å². The van der Waals surface area contributed by atoms with E-state index in [2.05, 4.69) is 10.3 Å². The lowest BCUT2D eigenvalue weighted by Crippen LogP contribution is -2.12. The van der Waals surface area contributed by atoms with Gasteiger partial charge >= 0.3 is 5.97 Å². The Labute approximate surface area is 148 Å². The fourth-order valence-corrected chi connectivity index (χ4v) is 4.57. The maximum Gasteiger partial charge on any atom is 0.341 e. The van der Waals surface area contributed by atoms with Crippen LogP contribution in [-0.2, 0) is 22.4 Å². The van der Waals surface area contributed by atoms with Crippen LogP contribution in [0.4, 0.5) is 5.00 Å². The van der Waals surface area contributed by atoms with Gasteiger partial charge in [-0.15, -0.1) is 22.7 Å². The Bertz CT molecular complexity index is 763. The summed E-state index contributed by atoms with van der Waals surface area (Å²) in [5.41, 5.74) is 4.02. The fraction of sp³-hybridized carbons (Fsp3) is 0.353. The van der Waals surface area contributed by atoms with E-state index in [1.165, 1.54) is 47.2 Å². The van der Waals surface area contributed by atoms with Gasteiger partial charge in [0.25, 0.3) is 0 Å². The first-order valence-corrected chi connectivity index (χ1v) is 9.55. The number of fused-ring (bicyclic) bond motifs is 1. The minimum atomic E-state index is -0.381. The van der Waals surface area contributed by atoms with Gasteiger partial charge in [-0.05, 0) is 37.3 Å². The number of carbonyl (C=O) groups is 2. The normalized spacial score (nSPS) is 14.2.